The molecule has 0 fully saturated rings. The maximum atomic E-state index is 12.4. The Hall–Kier alpha value is -4.46. The number of carbonyl (C=O) groups excluding carboxylic acids is 1. The lowest BCUT2D eigenvalue weighted by molar-refractivity contribution is 0.0955. The molecule has 1 amide bonds. The summed E-state index contributed by atoms with van der Waals surface area (Å²) in [5.41, 5.74) is 4.86. The first-order valence-electron chi connectivity index (χ1n) is 10.9. The molecule has 0 atom stereocenters. The van der Waals surface area contributed by atoms with Crippen LogP contribution in [0.4, 0.5) is 11.6 Å². The lowest BCUT2D eigenvalue weighted by Gasteiger charge is -2.08. The van der Waals surface area contributed by atoms with Crippen LogP contribution >= 0.6 is 0 Å². The van der Waals surface area contributed by atoms with Crippen LogP contribution in [0.1, 0.15) is 29.8 Å². The normalized spacial score (nSPS) is 11.1. The predicted molar refractivity (Wildman–Crippen MR) is 134 cm³/mol. The van der Waals surface area contributed by atoms with Gasteiger partial charge in [-0.2, -0.15) is 5.10 Å². The summed E-state index contributed by atoms with van der Waals surface area (Å²) >= 11 is 0. The van der Waals surface area contributed by atoms with Gasteiger partial charge in [-0.15, -0.1) is 0 Å². The molecule has 8 nitrogen and oxygen atoms in total. The van der Waals surface area contributed by atoms with Crippen LogP contribution < -0.4 is 21.0 Å². The van der Waals surface area contributed by atoms with Crippen molar-refractivity contribution in [2.45, 2.75) is 13.8 Å². The molecule has 8 heteroatoms. The zero-order valence-corrected chi connectivity index (χ0v) is 18.9. The first-order chi connectivity index (χ1) is 16.5. The van der Waals surface area contributed by atoms with E-state index in [9.17, 15) is 9.59 Å². The van der Waals surface area contributed by atoms with Gasteiger partial charge in [-0.3, -0.25) is 14.6 Å². The van der Waals surface area contributed by atoms with Gasteiger partial charge in [-0.05, 0) is 72.1 Å². The molecule has 4 aromatic rings. The number of carbonyl (C=O) groups is 1. The molecule has 0 aliphatic carbocycles. The number of nitrogens with zero attached hydrogens (tertiary/aromatic N) is 2. The predicted octanol–water partition coefficient (Wildman–Crippen LogP) is 4.47. The van der Waals surface area contributed by atoms with E-state index in [0.29, 0.717) is 40.6 Å². The van der Waals surface area contributed by atoms with E-state index in [-0.39, 0.29) is 11.5 Å². The number of nitrogens with one attached hydrogen (secondary N) is 3. The molecule has 3 N–H and O–H groups in total. The summed E-state index contributed by atoms with van der Waals surface area (Å²) in [4.78, 5) is 31.7. The van der Waals surface area contributed by atoms with E-state index in [4.69, 9.17) is 4.74 Å². The summed E-state index contributed by atoms with van der Waals surface area (Å²) in [5.74, 6) is 1.25. The van der Waals surface area contributed by atoms with E-state index >= 15 is 0 Å². The van der Waals surface area contributed by atoms with E-state index in [2.05, 4.69) is 39.7 Å². The molecule has 0 aliphatic rings. The van der Waals surface area contributed by atoms with Gasteiger partial charge in [-0.1, -0.05) is 26.0 Å². The first kappa shape index (κ1) is 22.7. The highest BCUT2D eigenvalue weighted by molar-refractivity contribution is 5.95. The lowest BCUT2D eigenvalue weighted by Crippen LogP contribution is -2.17. The Morgan fingerprint density at radius 2 is 1.79 bits per heavy atom. The third-order valence-electron chi connectivity index (χ3n) is 4.87. The molecule has 1 heterocycles. The van der Waals surface area contributed by atoms with Gasteiger partial charge in [-0.25, -0.2) is 10.4 Å². The molecule has 0 aliphatic heterocycles. The summed E-state index contributed by atoms with van der Waals surface area (Å²) in [5, 5.41) is 7.59. The van der Waals surface area contributed by atoms with Crippen molar-refractivity contribution in [2.24, 2.45) is 11.0 Å². The van der Waals surface area contributed by atoms with Gasteiger partial charge in [0.15, 0.2) is 0 Å². The largest absolute Gasteiger partial charge is 0.493 e. The molecule has 172 valence electrons. The second-order valence-electron chi connectivity index (χ2n) is 8.11. The van der Waals surface area contributed by atoms with Crippen molar-refractivity contribution in [3.05, 3.63) is 94.3 Å². The number of hydrogen-bond acceptors (Lipinski definition) is 6. The van der Waals surface area contributed by atoms with Crippen molar-refractivity contribution in [3.63, 3.8) is 0 Å². The molecule has 0 radical (unpaired) electrons. The minimum Gasteiger partial charge on any atom is -0.493 e. The third kappa shape index (κ3) is 5.86. The lowest BCUT2D eigenvalue weighted by atomic mass is 10.2. The molecule has 34 heavy (non-hydrogen) atoms. The maximum absolute atomic E-state index is 12.4. The van der Waals surface area contributed by atoms with Crippen LogP contribution in [0.25, 0.3) is 10.9 Å². The Morgan fingerprint density at radius 1 is 1.06 bits per heavy atom. The highest BCUT2D eigenvalue weighted by Crippen LogP contribution is 2.16. The number of ether oxygens (including phenoxy) is 1. The number of hydrazone groups is 1. The van der Waals surface area contributed by atoms with Crippen molar-refractivity contribution in [1.29, 1.82) is 0 Å². The van der Waals surface area contributed by atoms with Crippen LogP contribution in [0.2, 0.25) is 0 Å². The van der Waals surface area contributed by atoms with Crippen molar-refractivity contribution in [1.82, 2.24) is 15.4 Å². The second-order valence-corrected chi connectivity index (χ2v) is 8.11. The van der Waals surface area contributed by atoms with Crippen LogP contribution in [0.15, 0.2) is 82.7 Å². The standard InChI is InChI=1S/C26H25N5O3/c1-17(2)16-34-21-13-7-18(8-14-21)15-27-31-24(32)19-9-11-20(12-10-19)28-26-29-23-6-4-3-5-22(23)25(33)30-26/h3-15,17H,16H2,1-2H3,(H,31,32)(H2,28,29,30,33)/b27-15-. The molecule has 3 aromatic carbocycles. The minimum atomic E-state index is -0.336. The second kappa shape index (κ2) is 10.4. The fraction of sp³-hybridized carbons (Fsp3) is 0.154. The van der Waals surface area contributed by atoms with Gasteiger partial charge in [0.25, 0.3) is 11.5 Å². The van der Waals surface area contributed by atoms with Gasteiger partial charge in [0.1, 0.15) is 5.75 Å². The number of para-hydroxylation sites is 1. The van der Waals surface area contributed by atoms with Gasteiger partial charge in [0, 0.05) is 11.3 Å². The maximum Gasteiger partial charge on any atom is 0.271 e. The van der Waals surface area contributed by atoms with Crippen molar-refractivity contribution in [3.8, 4) is 5.75 Å². The molecule has 0 saturated carbocycles. The Kier molecular flexibility index (Phi) is 6.98. The van der Waals surface area contributed by atoms with Crippen molar-refractivity contribution >= 4 is 34.7 Å². The number of rotatable bonds is 8. The van der Waals surface area contributed by atoms with E-state index in [0.717, 1.165) is 11.3 Å². The highest BCUT2D eigenvalue weighted by Gasteiger charge is 2.06. The van der Waals surface area contributed by atoms with Crippen molar-refractivity contribution in [2.75, 3.05) is 11.9 Å². The molecule has 4 rings (SSSR count). The first-order valence-corrected chi connectivity index (χ1v) is 10.9. The van der Waals surface area contributed by atoms with Gasteiger partial charge in [0.05, 0.1) is 23.7 Å². The number of fused-ring (bicyclic) bond motifs is 1. The van der Waals surface area contributed by atoms with E-state index in [1.54, 1.807) is 48.7 Å². The monoisotopic (exact) mass is 455 g/mol. The summed E-state index contributed by atoms with van der Waals surface area (Å²) in [7, 11) is 0. The number of aromatic amines is 1. The van der Waals surface area contributed by atoms with E-state index in [1.807, 2.05) is 30.3 Å². The van der Waals surface area contributed by atoms with E-state index in [1.165, 1.54) is 0 Å². The van der Waals surface area contributed by atoms with Crippen LogP contribution in [0, 0.1) is 5.92 Å². The number of amides is 1. The summed E-state index contributed by atoms with van der Waals surface area (Å²) in [6.45, 7) is 4.85. The molecule has 0 spiro atoms. The number of aromatic nitrogens is 2. The van der Waals surface area contributed by atoms with Crippen LogP contribution in [-0.4, -0.2) is 28.7 Å². The van der Waals surface area contributed by atoms with E-state index < -0.39 is 0 Å². The molecular formula is C26H25N5O3. The molecular weight excluding hydrogens is 430 g/mol. The number of anilines is 2. The Morgan fingerprint density at radius 3 is 2.53 bits per heavy atom. The smallest absolute Gasteiger partial charge is 0.271 e. The van der Waals surface area contributed by atoms with Gasteiger partial charge in [0.2, 0.25) is 5.95 Å². The third-order valence-corrected chi connectivity index (χ3v) is 4.87. The Bertz CT molecular complexity index is 1360. The molecule has 1 aromatic heterocycles. The zero-order chi connectivity index (χ0) is 23.9. The topological polar surface area (TPSA) is 108 Å². The van der Waals surface area contributed by atoms with Crippen LogP contribution in [-0.2, 0) is 0 Å². The quantitative estimate of drug-likeness (QED) is 0.268. The molecule has 0 bridgehead atoms. The fourth-order valence-corrected chi connectivity index (χ4v) is 3.13. The Balaban J connectivity index is 1.34. The van der Waals surface area contributed by atoms with Gasteiger partial charge >= 0.3 is 0 Å². The Labute approximate surface area is 196 Å². The van der Waals surface area contributed by atoms with Gasteiger partial charge < -0.3 is 10.1 Å². The average molecular weight is 456 g/mol. The molecule has 0 unspecified atom stereocenters. The zero-order valence-electron chi connectivity index (χ0n) is 18.9. The SMILES string of the molecule is CC(C)COc1ccc(/C=N\NC(=O)c2ccc(Nc3nc4ccccc4c(=O)[nH]3)cc2)cc1. The summed E-state index contributed by atoms with van der Waals surface area (Å²) in [6.07, 6.45) is 1.57. The number of benzene rings is 3. The molecule has 0 saturated heterocycles. The summed E-state index contributed by atoms with van der Waals surface area (Å²) in [6, 6.07) is 21.4. The number of hydrogen-bond donors (Lipinski definition) is 3. The van der Waals surface area contributed by atoms with Crippen LogP contribution in [0.3, 0.4) is 0 Å². The van der Waals surface area contributed by atoms with Crippen molar-refractivity contribution < 1.29 is 9.53 Å². The summed E-state index contributed by atoms with van der Waals surface area (Å²) < 4.78 is 5.65. The fourth-order valence-electron chi connectivity index (χ4n) is 3.13. The highest BCUT2D eigenvalue weighted by atomic mass is 16.5. The average Bonchev–Trinajstić information content (AvgIpc) is 2.84. The number of H-pyrrole nitrogens is 1. The minimum absolute atomic E-state index is 0.223. The van der Waals surface area contributed by atoms with Crippen LogP contribution in [0.5, 0.6) is 5.75 Å².